The molecule has 0 radical (unpaired) electrons. The molecular formula is C21H27N3O2. The average molecular weight is 353 g/mol. The van der Waals surface area contributed by atoms with E-state index < -0.39 is 0 Å². The number of carbonyl (C=O) groups is 2. The summed E-state index contributed by atoms with van der Waals surface area (Å²) in [6, 6.07) is 17.8. The molecule has 5 heteroatoms. The zero-order valence-corrected chi connectivity index (χ0v) is 15.7. The van der Waals surface area contributed by atoms with Crippen molar-refractivity contribution in [3.8, 4) is 11.1 Å². The molecule has 138 valence electrons. The number of nitrogens with one attached hydrogen (secondary N) is 2. The number of carbonyl (C=O) groups excluding carboxylic acids is 2. The molecule has 0 heterocycles. The number of benzene rings is 2. The smallest absolute Gasteiger partial charge is 0.234 e. The topological polar surface area (TPSA) is 61.4 Å². The maximum atomic E-state index is 12.3. The molecule has 0 saturated carbocycles. The Morgan fingerprint density at radius 3 is 2.31 bits per heavy atom. The Morgan fingerprint density at radius 1 is 0.962 bits per heavy atom. The van der Waals surface area contributed by atoms with Crippen molar-refractivity contribution in [2.75, 3.05) is 25.5 Å². The molecule has 0 atom stereocenters. The molecule has 5 nitrogen and oxygen atoms in total. The zero-order valence-electron chi connectivity index (χ0n) is 15.7. The number of nitrogens with zero attached hydrogens (tertiary/aromatic N) is 1. The van der Waals surface area contributed by atoms with Crippen molar-refractivity contribution < 1.29 is 9.59 Å². The van der Waals surface area contributed by atoms with E-state index in [0.29, 0.717) is 13.0 Å². The zero-order chi connectivity index (χ0) is 18.9. The van der Waals surface area contributed by atoms with Gasteiger partial charge in [-0.05, 0) is 32.5 Å². The van der Waals surface area contributed by atoms with E-state index in [1.165, 1.54) is 0 Å². The molecule has 2 amide bonds. The summed E-state index contributed by atoms with van der Waals surface area (Å²) in [6.07, 6.45) is 0.328. The Hall–Kier alpha value is -2.66. The van der Waals surface area contributed by atoms with E-state index in [1.54, 1.807) is 0 Å². The highest BCUT2D eigenvalue weighted by Gasteiger charge is 2.11. The van der Waals surface area contributed by atoms with Crippen molar-refractivity contribution in [1.29, 1.82) is 0 Å². The monoisotopic (exact) mass is 353 g/mol. The lowest BCUT2D eigenvalue weighted by Crippen LogP contribution is -2.39. The van der Waals surface area contributed by atoms with Crippen molar-refractivity contribution in [1.82, 2.24) is 10.2 Å². The first-order valence-electron chi connectivity index (χ1n) is 8.88. The van der Waals surface area contributed by atoms with Crippen LogP contribution in [0.5, 0.6) is 0 Å². The maximum absolute atomic E-state index is 12.3. The summed E-state index contributed by atoms with van der Waals surface area (Å²) in [5.74, 6) is -0.0955. The molecule has 0 spiro atoms. The lowest BCUT2D eigenvalue weighted by Gasteiger charge is -2.17. The Balaban J connectivity index is 1.90. The number of amides is 2. The average Bonchev–Trinajstić information content (AvgIpc) is 2.60. The van der Waals surface area contributed by atoms with Crippen LogP contribution in [0.15, 0.2) is 54.6 Å². The Kier molecular flexibility index (Phi) is 7.36. The van der Waals surface area contributed by atoms with Crippen molar-refractivity contribution in [3.63, 3.8) is 0 Å². The highest BCUT2D eigenvalue weighted by Crippen LogP contribution is 2.27. The van der Waals surface area contributed by atoms with E-state index in [4.69, 9.17) is 0 Å². The van der Waals surface area contributed by atoms with Crippen LogP contribution in [0.25, 0.3) is 11.1 Å². The minimum absolute atomic E-state index is 0.0302. The fourth-order valence-electron chi connectivity index (χ4n) is 2.66. The van der Waals surface area contributed by atoms with Gasteiger partial charge in [0.1, 0.15) is 0 Å². The van der Waals surface area contributed by atoms with E-state index in [9.17, 15) is 9.59 Å². The number of anilines is 1. The van der Waals surface area contributed by atoms with Crippen LogP contribution in [0.3, 0.4) is 0 Å². The van der Waals surface area contributed by atoms with Gasteiger partial charge in [0.05, 0.1) is 6.54 Å². The van der Waals surface area contributed by atoms with Gasteiger partial charge >= 0.3 is 0 Å². The minimum Gasteiger partial charge on any atom is -0.353 e. The van der Waals surface area contributed by atoms with E-state index in [1.807, 2.05) is 80.4 Å². The first-order chi connectivity index (χ1) is 12.5. The molecule has 0 fully saturated rings. The highest BCUT2D eigenvalue weighted by molar-refractivity contribution is 5.95. The molecular weight excluding hydrogens is 326 g/mol. The normalized spacial score (nSPS) is 10.8. The Labute approximate surface area is 155 Å². The van der Waals surface area contributed by atoms with Crippen LogP contribution in [-0.2, 0) is 9.59 Å². The van der Waals surface area contributed by atoms with Crippen LogP contribution in [0.4, 0.5) is 5.69 Å². The largest absolute Gasteiger partial charge is 0.353 e. The summed E-state index contributed by atoms with van der Waals surface area (Å²) < 4.78 is 0. The van der Waals surface area contributed by atoms with Crippen molar-refractivity contribution in [2.24, 2.45) is 0 Å². The fraction of sp³-hybridized carbons (Fsp3) is 0.333. The van der Waals surface area contributed by atoms with Crippen LogP contribution in [-0.4, -0.2) is 42.9 Å². The SMILES string of the molecule is CC(C)NC(=O)CN(C)CCC(=O)Nc1ccccc1-c1ccccc1. The number of hydrogen-bond donors (Lipinski definition) is 2. The summed E-state index contributed by atoms with van der Waals surface area (Å²) >= 11 is 0. The summed E-state index contributed by atoms with van der Waals surface area (Å²) in [7, 11) is 1.84. The second-order valence-electron chi connectivity index (χ2n) is 6.67. The van der Waals surface area contributed by atoms with Crippen molar-refractivity contribution in [3.05, 3.63) is 54.6 Å². The van der Waals surface area contributed by atoms with Gasteiger partial charge in [0.25, 0.3) is 0 Å². The molecule has 2 aromatic rings. The second-order valence-corrected chi connectivity index (χ2v) is 6.67. The first-order valence-corrected chi connectivity index (χ1v) is 8.88. The Bertz CT molecular complexity index is 729. The molecule has 2 N–H and O–H groups in total. The van der Waals surface area contributed by atoms with E-state index >= 15 is 0 Å². The van der Waals surface area contributed by atoms with Gasteiger partial charge in [-0.2, -0.15) is 0 Å². The first kappa shape index (κ1) is 19.7. The molecule has 0 bridgehead atoms. The van der Waals surface area contributed by atoms with E-state index in [2.05, 4.69) is 10.6 Å². The van der Waals surface area contributed by atoms with Gasteiger partial charge in [-0.3, -0.25) is 14.5 Å². The van der Waals surface area contributed by atoms with Gasteiger partial charge in [0, 0.05) is 30.3 Å². The van der Waals surface area contributed by atoms with Crippen LogP contribution in [0.2, 0.25) is 0 Å². The summed E-state index contributed by atoms with van der Waals surface area (Å²) in [5.41, 5.74) is 2.85. The van der Waals surface area contributed by atoms with Crippen LogP contribution in [0.1, 0.15) is 20.3 Å². The molecule has 0 aliphatic carbocycles. The molecule has 2 aromatic carbocycles. The lowest BCUT2D eigenvalue weighted by atomic mass is 10.0. The van der Waals surface area contributed by atoms with Gasteiger partial charge in [0.2, 0.25) is 11.8 Å². The third kappa shape index (κ3) is 6.33. The highest BCUT2D eigenvalue weighted by atomic mass is 16.2. The third-order valence-corrected chi connectivity index (χ3v) is 3.87. The van der Waals surface area contributed by atoms with Crippen LogP contribution in [0, 0.1) is 0 Å². The van der Waals surface area contributed by atoms with Gasteiger partial charge in [-0.25, -0.2) is 0 Å². The molecule has 26 heavy (non-hydrogen) atoms. The van der Waals surface area contributed by atoms with Gasteiger partial charge in [-0.15, -0.1) is 0 Å². The van der Waals surface area contributed by atoms with Gasteiger partial charge < -0.3 is 10.6 Å². The third-order valence-electron chi connectivity index (χ3n) is 3.87. The Morgan fingerprint density at radius 2 is 1.62 bits per heavy atom. The molecule has 0 aromatic heterocycles. The van der Waals surface area contributed by atoms with Crippen molar-refractivity contribution in [2.45, 2.75) is 26.3 Å². The molecule has 0 saturated heterocycles. The number of likely N-dealkylation sites (N-methyl/N-ethyl adjacent to an activating group) is 1. The fourth-order valence-corrected chi connectivity index (χ4v) is 2.66. The van der Waals surface area contributed by atoms with Crippen molar-refractivity contribution >= 4 is 17.5 Å². The summed E-state index contributed by atoms with van der Waals surface area (Å²) in [4.78, 5) is 25.9. The van der Waals surface area contributed by atoms with Crippen LogP contribution >= 0.6 is 0 Å². The molecule has 2 rings (SSSR count). The predicted octanol–water partition coefficient (Wildman–Crippen LogP) is 3.14. The van der Waals surface area contributed by atoms with E-state index in [-0.39, 0.29) is 24.4 Å². The maximum Gasteiger partial charge on any atom is 0.234 e. The molecule has 0 aliphatic rings. The predicted molar refractivity (Wildman–Crippen MR) is 106 cm³/mol. The lowest BCUT2D eigenvalue weighted by molar-refractivity contribution is -0.123. The summed E-state index contributed by atoms with van der Waals surface area (Å²) in [6.45, 7) is 4.65. The van der Waals surface area contributed by atoms with Crippen LogP contribution < -0.4 is 10.6 Å². The van der Waals surface area contributed by atoms with E-state index in [0.717, 1.165) is 16.8 Å². The van der Waals surface area contributed by atoms with Gasteiger partial charge in [-0.1, -0.05) is 48.5 Å². The minimum atomic E-state index is -0.0653. The number of para-hydroxylation sites is 1. The second kappa shape index (κ2) is 9.73. The molecule has 0 unspecified atom stereocenters. The standard InChI is InChI=1S/C21H27N3O2/c1-16(2)22-21(26)15-24(3)14-13-20(25)23-19-12-8-7-11-18(19)17-9-5-4-6-10-17/h4-12,16H,13-15H2,1-3H3,(H,22,26)(H,23,25). The summed E-state index contributed by atoms with van der Waals surface area (Å²) in [5, 5.41) is 5.83. The number of rotatable bonds is 8. The quantitative estimate of drug-likeness (QED) is 0.766. The molecule has 0 aliphatic heterocycles. The number of hydrogen-bond acceptors (Lipinski definition) is 3. The van der Waals surface area contributed by atoms with Gasteiger partial charge in [0.15, 0.2) is 0 Å².